The van der Waals surface area contributed by atoms with Crippen LogP contribution < -0.4 is 5.11 Å². The van der Waals surface area contributed by atoms with Crippen molar-refractivity contribution in [3.8, 4) is 0 Å². The number of benzene rings is 1. The summed E-state index contributed by atoms with van der Waals surface area (Å²) in [5.74, 6) is -2.96. The predicted octanol–water partition coefficient (Wildman–Crippen LogP) is 3.36. The van der Waals surface area contributed by atoms with E-state index in [0.717, 1.165) is 0 Å². The van der Waals surface area contributed by atoms with Crippen LogP contribution in [0.3, 0.4) is 0 Å². The highest BCUT2D eigenvalue weighted by Gasteiger charge is 2.57. The minimum Gasteiger partial charge on any atom is -0.544 e. The first kappa shape index (κ1) is 22.9. The van der Waals surface area contributed by atoms with Crippen LogP contribution in [-0.2, 0) is 14.4 Å². The minimum absolute atomic E-state index is 0.279. The van der Waals surface area contributed by atoms with Crippen LogP contribution in [0.25, 0.3) is 0 Å². The van der Waals surface area contributed by atoms with Crippen LogP contribution in [0.1, 0.15) is 58.4 Å². The molecule has 1 fully saturated rings. The molecule has 28 heavy (non-hydrogen) atoms. The number of carboxylic acids is 1. The molecule has 1 amide bonds. The monoisotopic (exact) mass is 427 g/mol. The fourth-order valence-electron chi connectivity index (χ4n) is 4.10. The van der Waals surface area contributed by atoms with Crippen molar-refractivity contribution in [2.24, 2.45) is 5.41 Å². The Morgan fingerprint density at radius 3 is 2.32 bits per heavy atom. The van der Waals surface area contributed by atoms with Crippen molar-refractivity contribution < 1.29 is 24.0 Å². The lowest BCUT2D eigenvalue weighted by Gasteiger charge is -2.40. The van der Waals surface area contributed by atoms with Gasteiger partial charge in [0.25, 0.3) is 5.78 Å². The highest BCUT2D eigenvalue weighted by atomic mass is 35.5. The summed E-state index contributed by atoms with van der Waals surface area (Å²) >= 11 is 12.1. The van der Waals surface area contributed by atoms with E-state index in [-0.39, 0.29) is 13.1 Å². The Morgan fingerprint density at radius 1 is 1.18 bits per heavy atom. The molecule has 7 heteroatoms. The molecule has 2 unspecified atom stereocenters. The quantitative estimate of drug-likeness (QED) is 0.493. The highest BCUT2D eigenvalue weighted by Crippen LogP contribution is 2.42. The van der Waals surface area contributed by atoms with Crippen molar-refractivity contribution >= 4 is 40.9 Å². The van der Waals surface area contributed by atoms with Crippen LogP contribution in [0.5, 0.6) is 0 Å². The van der Waals surface area contributed by atoms with Crippen LogP contribution in [0.4, 0.5) is 0 Å². The first-order chi connectivity index (χ1) is 13.0. The zero-order chi connectivity index (χ0) is 21.3. The fourth-order valence-corrected chi connectivity index (χ4v) is 4.41. The number of carbonyl (C=O) groups excluding carboxylic acids is 3. The first-order valence-corrected chi connectivity index (χ1v) is 10.4. The summed E-state index contributed by atoms with van der Waals surface area (Å²) in [7, 11) is 0. The number of carbonyl (C=O) groups is 3. The van der Waals surface area contributed by atoms with E-state index in [1.165, 1.54) is 0 Å². The largest absolute Gasteiger partial charge is 0.544 e. The lowest BCUT2D eigenvalue weighted by Crippen LogP contribution is -2.65. The maximum absolute atomic E-state index is 13.4. The zero-order valence-corrected chi connectivity index (χ0v) is 18.3. The summed E-state index contributed by atoms with van der Waals surface area (Å²) in [5.41, 5.74) is -0.150. The smallest absolute Gasteiger partial charge is 0.382 e. The van der Waals surface area contributed by atoms with Crippen LogP contribution in [0.15, 0.2) is 18.2 Å². The van der Waals surface area contributed by atoms with Gasteiger partial charge in [-0.05, 0) is 30.5 Å². The van der Waals surface area contributed by atoms with E-state index in [2.05, 4.69) is 0 Å². The van der Waals surface area contributed by atoms with Gasteiger partial charge >= 0.3 is 5.91 Å². The Balaban J connectivity index is 2.54. The van der Waals surface area contributed by atoms with Gasteiger partial charge in [-0.2, -0.15) is 0 Å². The van der Waals surface area contributed by atoms with Crippen molar-refractivity contribution in [2.45, 2.75) is 58.9 Å². The summed E-state index contributed by atoms with van der Waals surface area (Å²) in [5, 5.41) is 12.9. The molecular weight excluding hydrogens is 401 g/mol. The van der Waals surface area contributed by atoms with Gasteiger partial charge in [0.15, 0.2) is 0 Å². The Kier molecular flexibility index (Phi) is 6.95. The molecule has 2 rings (SSSR count). The van der Waals surface area contributed by atoms with Gasteiger partial charge in [-0.1, -0.05) is 57.0 Å². The van der Waals surface area contributed by atoms with Gasteiger partial charge in [-0.25, -0.2) is 9.28 Å². The van der Waals surface area contributed by atoms with Crippen molar-refractivity contribution in [3.05, 3.63) is 33.8 Å². The number of ketones is 1. The summed E-state index contributed by atoms with van der Waals surface area (Å²) in [6.07, 6.45) is 1.52. The third-order valence-corrected chi connectivity index (χ3v) is 6.82. The number of halogens is 2. The van der Waals surface area contributed by atoms with Crippen LogP contribution in [-0.4, -0.2) is 41.3 Å². The number of likely N-dealkylation sites (tertiary alicyclic amines) is 1. The molecule has 1 saturated heterocycles. The van der Waals surface area contributed by atoms with E-state index in [1.54, 1.807) is 32.0 Å². The Labute approximate surface area is 176 Å². The molecule has 3 atom stereocenters. The molecule has 0 aromatic heterocycles. The molecule has 1 aliphatic rings. The van der Waals surface area contributed by atoms with E-state index in [9.17, 15) is 19.5 Å². The summed E-state index contributed by atoms with van der Waals surface area (Å²) < 4.78 is -0.397. The van der Waals surface area contributed by atoms with Gasteiger partial charge in [-0.15, -0.1) is 0 Å². The van der Waals surface area contributed by atoms with Gasteiger partial charge in [-0.3, -0.25) is 4.79 Å². The average molecular weight is 428 g/mol. The van der Waals surface area contributed by atoms with Gasteiger partial charge in [0.05, 0.1) is 23.1 Å². The molecule has 1 aromatic carbocycles. The molecule has 5 nitrogen and oxygen atoms in total. The maximum atomic E-state index is 13.4. The first-order valence-electron chi connectivity index (χ1n) is 9.63. The number of Topliss-reactive ketones (excluding diaryl/α,β-unsaturated/α-hetero) is 1. The molecule has 0 spiro atoms. The second-order valence-electron chi connectivity index (χ2n) is 8.19. The van der Waals surface area contributed by atoms with E-state index in [4.69, 9.17) is 23.2 Å². The standard InChI is InChI=1S/C21H27Cl2NO4/c1-5-10-24(19(26)18(25)21(3,4)6-2)11-9-14(17(24)20(27)28)13-7-8-15(22)16(23)12-13/h7-8,12,14,17H,5-6,9-11H2,1-4H3/t14?,17-,24?/m0/s1. The van der Waals surface area contributed by atoms with Crippen molar-refractivity contribution in [2.75, 3.05) is 13.1 Å². The van der Waals surface area contributed by atoms with Crippen molar-refractivity contribution in [1.29, 1.82) is 0 Å². The number of aliphatic carboxylic acids is 1. The molecule has 154 valence electrons. The third kappa shape index (κ3) is 3.98. The van der Waals surface area contributed by atoms with Gasteiger partial charge in [0, 0.05) is 17.8 Å². The molecule has 1 aromatic rings. The SMILES string of the molecule is CCC[N+]1(C(=O)C(=O)C(C)(C)CC)CCC(c2ccc(Cl)c(Cl)c2)[C@H]1C(=O)[O-]. The van der Waals surface area contributed by atoms with Crippen molar-refractivity contribution in [3.63, 3.8) is 0 Å². The maximum Gasteiger partial charge on any atom is 0.382 e. The molecule has 0 bridgehead atoms. The number of carboxylic acid groups (broad SMARTS) is 1. The third-order valence-electron chi connectivity index (χ3n) is 6.09. The summed E-state index contributed by atoms with van der Waals surface area (Å²) in [4.78, 5) is 38.5. The molecule has 1 aliphatic heterocycles. The second-order valence-corrected chi connectivity index (χ2v) is 9.00. The number of quaternary nitrogens is 1. The Hall–Kier alpha value is -1.43. The second kappa shape index (κ2) is 8.52. The van der Waals surface area contributed by atoms with Crippen LogP contribution >= 0.6 is 23.2 Å². The lowest BCUT2D eigenvalue weighted by molar-refractivity contribution is -0.858. The number of rotatable bonds is 7. The van der Waals surface area contributed by atoms with Gasteiger partial charge < -0.3 is 9.90 Å². The van der Waals surface area contributed by atoms with Gasteiger partial charge in [0.2, 0.25) is 0 Å². The number of amides is 1. The Bertz CT molecular complexity index is 793. The average Bonchev–Trinajstić information content (AvgIpc) is 3.03. The lowest BCUT2D eigenvalue weighted by atomic mass is 9.83. The number of hydrogen-bond acceptors (Lipinski definition) is 4. The fraction of sp³-hybridized carbons (Fsp3) is 0.571. The number of nitrogens with zero attached hydrogens (tertiary/aromatic N) is 1. The molecule has 0 radical (unpaired) electrons. The topological polar surface area (TPSA) is 74.3 Å². The normalized spacial score (nSPS) is 24.9. The molecule has 0 N–H and O–H groups in total. The zero-order valence-electron chi connectivity index (χ0n) is 16.8. The predicted molar refractivity (Wildman–Crippen MR) is 107 cm³/mol. The van der Waals surface area contributed by atoms with Gasteiger partial charge in [0.1, 0.15) is 12.0 Å². The van der Waals surface area contributed by atoms with Crippen LogP contribution in [0, 0.1) is 5.41 Å². The molecule has 0 aliphatic carbocycles. The van der Waals surface area contributed by atoms with Crippen molar-refractivity contribution in [1.82, 2.24) is 0 Å². The van der Waals surface area contributed by atoms with E-state index < -0.39 is 39.5 Å². The van der Waals surface area contributed by atoms with E-state index in [0.29, 0.717) is 34.9 Å². The van der Waals surface area contributed by atoms with E-state index in [1.807, 2.05) is 13.8 Å². The molecular formula is C21H27Cl2NO4. The highest BCUT2D eigenvalue weighted by molar-refractivity contribution is 6.42. The Morgan fingerprint density at radius 2 is 1.82 bits per heavy atom. The molecule has 1 heterocycles. The minimum atomic E-state index is -1.32. The molecule has 0 saturated carbocycles. The van der Waals surface area contributed by atoms with E-state index >= 15 is 0 Å². The van der Waals surface area contributed by atoms with Crippen LogP contribution in [0.2, 0.25) is 10.0 Å². The summed E-state index contributed by atoms with van der Waals surface area (Å²) in [6.45, 7) is 7.71. The number of hydrogen-bond donors (Lipinski definition) is 0. The summed E-state index contributed by atoms with van der Waals surface area (Å²) in [6, 6.07) is 3.84.